The minimum Gasteiger partial charge on any atom is -0.384 e. The van der Waals surface area contributed by atoms with Crippen LogP contribution in [0.25, 0.3) is 11.1 Å². The first-order chi connectivity index (χ1) is 9.08. The maximum atomic E-state index is 12.0. The van der Waals surface area contributed by atoms with E-state index in [0.717, 1.165) is 22.3 Å². The van der Waals surface area contributed by atoms with Gasteiger partial charge >= 0.3 is 0 Å². The van der Waals surface area contributed by atoms with Gasteiger partial charge < -0.3 is 16.4 Å². The molecule has 0 unspecified atom stereocenters. The van der Waals surface area contributed by atoms with Crippen molar-refractivity contribution in [3.63, 3.8) is 0 Å². The molecule has 1 amide bonds. The van der Waals surface area contributed by atoms with Crippen molar-refractivity contribution in [2.75, 3.05) is 18.5 Å². The molecule has 19 heavy (non-hydrogen) atoms. The fourth-order valence-electron chi connectivity index (χ4n) is 2.44. The lowest BCUT2D eigenvalue weighted by Crippen LogP contribution is -2.17. The maximum absolute atomic E-state index is 12.0. The van der Waals surface area contributed by atoms with Gasteiger partial charge in [0.1, 0.15) is 11.6 Å². The molecular formula is C14H14N4O. The molecule has 4 N–H and O–H groups in total. The molecule has 0 radical (unpaired) electrons. The van der Waals surface area contributed by atoms with Crippen molar-refractivity contribution in [3.05, 3.63) is 41.5 Å². The zero-order valence-corrected chi connectivity index (χ0v) is 10.6. The van der Waals surface area contributed by atoms with E-state index in [-0.39, 0.29) is 5.91 Å². The molecule has 0 saturated carbocycles. The Morgan fingerprint density at radius 3 is 2.58 bits per heavy atom. The van der Waals surface area contributed by atoms with Gasteiger partial charge in [-0.2, -0.15) is 0 Å². The molecule has 5 heteroatoms. The monoisotopic (exact) mass is 254 g/mol. The number of fused-ring (bicyclic) bond motifs is 1. The van der Waals surface area contributed by atoms with Gasteiger partial charge in [0, 0.05) is 24.7 Å². The third-order valence-electron chi connectivity index (χ3n) is 3.38. The number of nitrogens with two attached hydrogens (primary N) is 2. The van der Waals surface area contributed by atoms with Crippen LogP contribution in [0.3, 0.4) is 0 Å². The number of anilines is 2. The molecule has 0 aliphatic carbocycles. The van der Waals surface area contributed by atoms with Gasteiger partial charge in [0.05, 0.1) is 0 Å². The van der Waals surface area contributed by atoms with Gasteiger partial charge in [0.25, 0.3) is 5.91 Å². The summed E-state index contributed by atoms with van der Waals surface area (Å²) in [4.78, 5) is 17.7. The maximum Gasteiger partial charge on any atom is 0.254 e. The Morgan fingerprint density at radius 1 is 1.11 bits per heavy atom. The number of carbonyl (C=O) groups excluding carboxylic acids is 1. The van der Waals surface area contributed by atoms with E-state index in [2.05, 4.69) is 4.98 Å². The van der Waals surface area contributed by atoms with Crippen molar-refractivity contribution in [2.45, 2.75) is 6.54 Å². The second kappa shape index (κ2) is 3.98. The van der Waals surface area contributed by atoms with Crippen LogP contribution in [0.1, 0.15) is 15.9 Å². The van der Waals surface area contributed by atoms with Crippen molar-refractivity contribution < 1.29 is 4.79 Å². The van der Waals surface area contributed by atoms with E-state index in [1.165, 1.54) is 0 Å². The van der Waals surface area contributed by atoms with Crippen LogP contribution in [-0.2, 0) is 6.54 Å². The topological polar surface area (TPSA) is 85.2 Å². The smallest absolute Gasteiger partial charge is 0.254 e. The number of carbonyl (C=O) groups is 1. The molecule has 0 atom stereocenters. The van der Waals surface area contributed by atoms with E-state index in [1.807, 2.05) is 24.3 Å². The number of hydrogen-bond donors (Lipinski definition) is 2. The number of benzene rings is 1. The summed E-state index contributed by atoms with van der Waals surface area (Å²) in [5.41, 5.74) is 15.0. The molecule has 1 aliphatic rings. The van der Waals surface area contributed by atoms with Gasteiger partial charge in [0.2, 0.25) is 0 Å². The van der Waals surface area contributed by atoms with Crippen LogP contribution in [0.4, 0.5) is 11.6 Å². The summed E-state index contributed by atoms with van der Waals surface area (Å²) in [6, 6.07) is 9.21. The van der Waals surface area contributed by atoms with E-state index in [4.69, 9.17) is 11.5 Å². The molecule has 0 fully saturated rings. The molecule has 2 heterocycles. The van der Waals surface area contributed by atoms with Gasteiger partial charge in [-0.1, -0.05) is 12.1 Å². The molecule has 96 valence electrons. The molecular weight excluding hydrogens is 240 g/mol. The SMILES string of the molecule is CN1Cc2c(cccc2-c2ccc(N)nc2N)C1=O. The fourth-order valence-corrected chi connectivity index (χ4v) is 2.44. The quantitative estimate of drug-likeness (QED) is 0.807. The second-order valence-electron chi connectivity index (χ2n) is 4.66. The van der Waals surface area contributed by atoms with Crippen LogP contribution in [0.5, 0.6) is 0 Å². The fraction of sp³-hybridized carbons (Fsp3) is 0.143. The average molecular weight is 254 g/mol. The summed E-state index contributed by atoms with van der Waals surface area (Å²) >= 11 is 0. The highest BCUT2D eigenvalue weighted by atomic mass is 16.2. The van der Waals surface area contributed by atoms with Crippen molar-refractivity contribution in [3.8, 4) is 11.1 Å². The zero-order valence-electron chi connectivity index (χ0n) is 10.6. The van der Waals surface area contributed by atoms with Crippen molar-refractivity contribution in [1.82, 2.24) is 9.88 Å². The summed E-state index contributed by atoms with van der Waals surface area (Å²) < 4.78 is 0. The Hall–Kier alpha value is -2.56. The Labute approximate surface area is 110 Å². The number of amides is 1. The molecule has 3 rings (SSSR count). The minimum absolute atomic E-state index is 0.0406. The third kappa shape index (κ3) is 1.71. The van der Waals surface area contributed by atoms with Crippen LogP contribution >= 0.6 is 0 Å². The number of hydrogen-bond acceptors (Lipinski definition) is 4. The Bertz CT molecular complexity index is 681. The lowest BCUT2D eigenvalue weighted by Gasteiger charge is -2.10. The highest BCUT2D eigenvalue weighted by Gasteiger charge is 2.27. The Kier molecular flexibility index (Phi) is 2.41. The largest absolute Gasteiger partial charge is 0.384 e. The lowest BCUT2D eigenvalue weighted by molar-refractivity contribution is 0.0816. The van der Waals surface area contributed by atoms with E-state index in [1.54, 1.807) is 18.0 Å². The highest BCUT2D eigenvalue weighted by molar-refractivity contribution is 6.00. The number of rotatable bonds is 1. The predicted molar refractivity (Wildman–Crippen MR) is 74.3 cm³/mol. The van der Waals surface area contributed by atoms with Gasteiger partial charge in [-0.25, -0.2) is 4.98 Å². The standard InChI is InChI=1S/C14H14N4O/c1-18-7-11-8(3-2-4-10(11)14(18)19)9-5-6-12(15)17-13(9)16/h2-6H,7H2,1H3,(H4,15,16,17). The molecule has 5 nitrogen and oxygen atoms in total. The normalized spacial score (nSPS) is 13.7. The van der Waals surface area contributed by atoms with Crippen LogP contribution in [0.15, 0.2) is 30.3 Å². The molecule has 1 aromatic carbocycles. The molecule has 0 bridgehead atoms. The molecule has 1 aromatic heterocycles. The van der Waals surface area contributed by atoms with Crippen molar-refractivity contribution >= 4 is 17.5 Å². The van der Waals surface area contributed by atoms with Gasteiger partial charge in [-0.3, -0.25) is 4.79 Å². The number of nitrogens with zero attached hydrogens (tertiary/aromatic N) is 2. The average Bonchev–Trinajstić information content (AvgIpc) is 2.66. The van der Waals surface area contributed by atoms with Crippen LogP contribution in [-0.4, -0.2) is 22.8 Å². The van der Waals surface area contributed by atoms with E-state index in [9.17, 15) is 4.79 Å². The lowest BCUT2D eigenvalue weighted by atomic mass is 9.97. The first-order valence-electron chi connectivity index (χ1n) is 5.97. The number of nitrogen functional groups attached to an aromatic ring is 2. The summed E-state index contributed by atoms with van der Waals surface area (Å²) in [5.74, 6) is 0.816. The van der Waals surface area contributed by atoms with E-state index >= 15 is 0 Å². The zero-order chi connectivity index (χ0) is 13.6. The van der Waals surface area contributed by atoms with Crippen molar-refractivity contribution in [2.24, 2.45) is 0 Å². The number of pyridine rings is 1. The Morgan fingerprint density at radius 2 is 1.84 bits per heavy atom. The molecule has 0 spiro atoms. The van der Waals surface area contributed by atoms with Gasteiger partial charge in [-0.15, -0.1) is 0 Å². The molecule has 2 aromatic rings. The highest BCUT2D eigenvalue weighted by Crippen LogP contribution is 2.34. The van der Waals surface area contributed by atoms with Crippen LogP contribution < -0.4 is 11.5 Å². The predicted octanol–water partition coefficient (Wildman–Crippen LogP) is 1.50. The summed E-state index contributed by atoms with van der Waals surface area (Å²) in [6.45, 7) is 0.591. The van der Waals surface area contributed by atoms with E-state index < -0.39 is 0 Å². The summed E-state index contributed by atoms with van der Waals surface area (Å²) in [5, 5.41) is 0. The molecule has 0 saturated heterocycles. The van der Waals surface area contributed by atoms with E-state index in [0.29, 0.717) is 18.2 Å². The number of aromatic nitrogens is 1. The van der Waals surface area contributed by atoms with Crippen LogP contribution in [0, 0.1) is 0 Å². The van der Waals surface area contributed by atoms with Gasteiger partial charge in [-0.05, 0) is 29.3 Å². The molecule has 1 aliphatic heterocycles. The summed E-state index contributed by atoms with van der Waals surface area (Å²) in [7, 11) is 1.79. The summed E-state index contributed by atoms with van der Waals surface area (Å²) in [6.07, 6.45) is 0. The van der Waals surface area contributed by atoms with Gasteiger partial charge in [0.15, 0.2) is 0 Å². The third-order valence-corrected chi connectivity index (χ3v) is 3.38. The second-order valence-corrected chi connectivity index (χ2v) is 4.66. The Balaban J connectivity index is 2.20. The first-order valence-corrected chi connectivity index (χ1v) is 5.97. The minimum atomic E-state index is 0.0406. The van der Waals surface area contributed by atoms with Crippen molar-refractivity contribution in [1.29, 1.82) is 0 Å². The van der Waals surface area contributed by atoms with Crippen LogP contribution in [0.2, 0.25) is 0 Å². The first kappa shape index (κ1) is 11.5.